The van der Waals surface area contributed by atoms with Gasteiger partial charge in [0.2, 0.25) is 0 Å². The van der Waals surface area contributed by atoms with E-state index in [-0.39, 0.29) is 47.5 Å². The van der Waals surface area contributed by atoms with Gasteiger partial charge in [-0.1, -0.05) is 88.1 Å². The van der Waals surface area contributed by atoms with Crippen LogP contribution in [0.4, 0.5) is 0 Å². The molecule has 1 aliphatic heterocycles. The van der Waals surface area contributed by atoms with E-state index in [9.17, 15) is 19.2 Å². The van der Waals surface area contributed by atoms with Gasteiger partial charge in [0.15, 0.2) is 11.6 Å². The van der Waals surface area contributed by atoms with E-state index in [4.69, 9.17) is 9.47 Å². The second-order valence-corrected chi connectivity index (χ2v) is 12.9. The Hall–Kier alpha value is -3.28. The number of hydrogen-bond donors (Lipinski definition) is 0. The molecule has 0 aromatic heterocycles. The molecule has 3 rings (SSSR count). The molecule has 0 amide bonds. The molecule has 3 aliphatic rings. The lowest BCUT2D eigenvalue weighted by Crippen LogP contribution is -2.18. The Kier molecular flexibility index (Phi) is 17.4. The lowest BCUT2D eigenvalue weighted by Gasteiger charge is -2.18. The number of carbonyl (C=O) groups excluding carboxylic acids is 4. The Balaban J connectivity index is 1.70. The minimum absolute atomic E-state index is 0.0191. The average Bonchev–Trinajstić information content (AvgIpc) is 3.57. The molecule has 6 nitrogen and oxygen atoms in total. The van der Waals surface area contributed by atoms with Crippen molar-refractivity contribution >= 4 is 23.5 Å². The molecular formula is C40H56O6. The normalized spacial score (nSPS) is 29.5. The van der Waals surface area contributed by atoms with E-state index in [0.29, 0.717) is 38.5 Å². The first kappa shape index (κ1) is 37.2. The summed E-state index contributed by atoms with van der Waals surface area (Å²) in [7, 11) is 0. The van der Waals surface area contributed by atoms with E-state index in [0.717, 1.165) is 88.2 Å². The summed E-state index contributed by atoms with van der Waals surface area (Å²) in [6.45, 7) is 4.31. The Labute approximate surface area is 277 Å². The molecule has 0 fully saturated rings. The van der Waals surface area contributed by atoms with Gasteiger partial charge in [-0.05, 0) is 76.4 Å². The van der Waals surface area contributed by atoms with Crippen molar-refractivity contribution in [1.29, 1.82) is 0 Å². The molecule has 252 valence electrons. The molecule has 2 aliphatic carbocycles. The highest BCUT2D eigenvalue weighted by molar-refractivity contribution is 6.07. The zero-order chi connectivity index (χ0) is 33.0. The van der Waals surface area contributed by atoms with Crippen LogP contribution < -0.4 is 0 Å². The highest BCUT2D eigenvalue weighted by Crippen LogP contribution is 2.28. The number of unbranched alkanes of at least 4 members (excludes halogenated alkanes) is 4. The number of hydrogen-bond acceptors (Lipinski definition) is 6. The Bertz CT molecular complexity index is 1090. The fourth-order valence-corrected chi connectivity index (χ4v) is 6.24. The van der Waals surface area contributed by atoms with E-state index < -0.39 is 0 Å². The van der Waals surface area contributed by atoms with E-state index >= 15 is 0 Å². The number of ketones is 2. The minimum atomic E-state index is -0.229. The first-order chi connectivity index (χ1) is 22.4. The second kappa shape index (κ2) is 21.5. The van der Waals surface area contributed by atoms with E-state index in [1.807, 2.05) is 24.3 Å². The number of esters is 2. The Morgan fingerprint density at radius 3 is 1.43 bits per heavy atom. The molecule has 0 unspecified atom stereocenters. The van der Waals surface area contributed by atoms with Gasteiger partial charge in [0.05, 0.1) is 0 Å². The molecule has 0 N–H and O–H groups in total. The number of rotatable bonds is 8. The predicted octanol–water partition coefficient (Wildman–Crippen LogP) is 9.36. The van der Waals surface area contributed by atoms with Crippen molar-refractivity contribution < 1.29 is 28.7 Å². The van der Waals surface area contributed by atoms with Crippen LogP contribution in [-0.4, -0.2) is 35.7 Å². The standard InChI is InChI=1S/C40H56O6/c1-3-5-11-19-33-25-27-35-31(23-29-37(35)41)17-13-8-10-16-22-40(44)46-34(20-12-6-4-2)26-28-36-32(24-30-38(36)42)18-14-7-9-15-21-39(43)45-33/h7-8,13-14,23-24,27-34H,3-6,9-12,15-22,25-26H2,1-2H3/b13-8-,14-7-,35-27-,36-28+/t31-,32-,33-,34-/m0/s1. The number of ether oxygens (including phenoxy) is 2. The smallest absolute Gasteiger partial charge is 0.306 e. The Morgan fingerprint density at radius 2 is 1.02 bits per heavy atom. The van der Waals surface area contributed by atoms with Crippen LogP contribution in [0.2, 0.25) is 0 Å². The lowest BCUT2D eigenvalue weighted by atomic mass is 9.95. The van der Waals surface area contributed by atoms with Crippen molar-refractivity contribution in [2.45, 2.75) is 142 Å². The summed E-state index contributed by atoms with van der Waals surface area (Å²) in [6.07, 6.45) is 33.1. The number of allylic oxidation sites excluding steroid dienone is 10. The summed E-state index contributed by atoms with van der Waals surface area (Å²) in [6, 6.07) is 0. The van der Waals surface area contributed by atoms with Crippen LogP contribution in [0.3, 0.4) is 0 Å². The third-order valence-corrected chi connectivity index (χ3v) is 9.00. The van der Waals surface area contributed by atoms with Crippen LogP contribution in [0, 0.1) is 11.8 Å². The van der Waals surface area contributed by atoms with Gasteiger partial charge >= 0.3 is 11.9 Å². The van der Waals surface area contributed by atoms with Crippen molar-refractivity contribution in [2.24, 2.45) is 11.8 Å². The summed E-state index contributed by atoms with van der Waals surface area (Å²) < 4.78 is 11.8. The van der Waals surface area contributed by atoms with Crippen molar-refractivity contribution in [3.8, 4) is 0 Å². The van der Waals surface area contributed by atoms with Crippen LogP contribution in [0.15, 0.2) is 71.9 Å². The molecule has 0 radical (unpaired) electrons. The summed E-state index contributed by atoms with van der Waals surface area (Å²) in [5, 5.41) is 0. The maximum Gasteiger partial charge on any atom is 0.306 e. The summed E-state index contributed by atoms with van der Waals surface area (Å²) >= 11 is 0. The molecular weight excluding hydrogens is 576 g/mol. The summed E-state index contributed by atoms with van der Waals surface area (Å²) in [5.41, 5.74) is 1.56. The van der Waals surface area contributed by atoms with Gasteiger partial charge in [-0.25, -0.2) is 0 Å². The van der Waals surface area contributed by atoms with Crippen LogP contribution >= 0.6 is 0 Å². The lowest BCUT2D eigenvalue weighted by molar-refractivity contribution is -0.150. The first-order valence-corrected chi connectivity index (χ1v) is 17.9. The third kappa shape index (κ3) is 13.6. The predicted molar refractivity (Wildman–Crippen MR) is 184 cm³/mol. The average molecular weight is 633 g/mol. The minimum Gasteiger partial charge on any atom is -0.462 e. The van der Waals surface area contributed by atoms with Crippen molar-refractivity contribution in [3.63, 3.8) is 0 Å². The number of fused-ring (bicyclic) bond motifs is 2. The van der Waals surface area contributed by atoms with Crippen molar-refractivity contribution in [2.75, 3.05) is 0 Å². The molecule has 0 saturated heterocycles. The van der Waals surface area contributed by atoms with Gasteiger partial charge in [-0.15, -0.1) is 0 Å². The van der Waals surface area contributed by atoms with E-state index in [2.05, 4.69) is 38.2 Å². The SMILES string of the molecule is CCCCC[C@H]1C/C=C2\C(=O)C=C[C@@H]2C/C=C\CCCC(=O)O[C@@H](CCCCC)C/C=C2/C(=O)C=C[C@@H]2C/C=C\CCCC(=O)O1. The summed E-state index contributed by atoms with van der Waals surface area (Å²) in [5.74, 6) is -0.265. The Morgan fingerprint density at radius 1 is 0.587 bits per heavy atom. The fourth-order valence-electron chi connectivity index (χ4n) is 6.24. The van der Waals surface area contributed by atoms with Gasteiger partial charge in [0.25, 0.3) is 0 Å². The highest BCUT2D eigenvalue weighted by Gasteiger charge is 2.24. The van der Waals surface area contributed by atoms with Crippen LogP contribution in [-0.2, 0) is 28.7 Å². The molecule has 6 heteroatoms. The molecule has 0 saturated carbocycles. The molecule has 0 bridgehead atoms. The first-order valence-electron chi connectivity index (χ1n) is 17.9. The van der Waals surface area contributed by atoms with Crippen LogP contribution in [0.1, 0.15) is 129 Å². The highest BCUT2D eigenvalue weighted by atomic mass is 16.5. The zero-order valence-electron chi connectivity index (χ0n) is 28.3. The van der Waals surface area contributed by atoms with Gasteiger partial charge in [-0.2, -0.15) is 0 Å². The van der Waals surface area contributed by atoms with Gasteiger partial charge in [0, 0.05) is 48.7 Å². The van der Waals surface area contributed by atoms with E-state index in [1.54, 1.807) is 12.2 Å². The maximum absolute atomic E-state index is 12.8. The van der Waals surface area contributed by atoms with Crippen LogP contribution in [0.5, 0.6) is 0 Å². The topological polar surface area (TPSA) is 86.7 Å². The van der Waals surface area contributed by atoms with Crippen LogP contribution in [0.25, 0.3) is 0 Å². The largest absolute Gasteiger partial charge is 0.462 e. The maximum atomic E-state index is 12.8. The fraction of sp³-hybridized carbons (Fsp3) is 0.600. The molecule has 1 heterocycles. The second-order valence-electron chi connectivity index (χ2n) is 12.9. The monoisotopic (exact) mass is 632 g/mol. The van der Waals surface area contributed by atoms with Gasteiger partial charge in [-0.3, -0.25) is 19.2 Å². The van der Waals surface area contributed by atoms with Gasteiger partial charge in [0.1, 0.15) is 12.2 Å². The molecule has 46 heavy (non-hydrogen) atoms. The summed E-state index contributed by atoms with van der Waals surface area (Å²) in [4.78, 5) is 50.8. The van der Waals surface area contributed by atoms with Gasteiger partial charge < -0.3 is 9.47 Å². The molecule has 0 aromatic carbocycles. The van der Waals surface area contributed by atoms with Crippen molar-refractivity contribution in [1.82, 2.24) is 0 Å². The zero-order valence-corrected chi connectivity index (χ0v) is 28.3. The molecule has 0 spiro atoms. The number of cyclic esters (lactones) is 2. The third-order valence-electron chi connectivity index (χ3n) is 9.00. The van der Waals surface area contributed by atoms with Crippen molar-refractivity contribution in [3.05, 3.63) is 71.9 Å². The quantitative estimate of drug-likeness (QED) is 0.151. The molecule has 0 aromatic rings. The molecule has 4 atom stereocenters. The van der Waals surface area contributed by atoms with E-state index in [1.165, 1.54) is 0 Å². The number of carbonyl (C=O) groups is 4.